The molecule has 1 aliphatic rings. The average Bonchev–Trinajstić information content (AvgIpc) is 3.13. The third-order valence-electron chi connectivity index (χ3n) is 5.63. The standard InChI is InChI=1S/C24H30N6O/c1-19-27-28-23(29(19)2)18-26-24(25-17-20-9-5-3-6-10-20)30-15-13-22(14-16-30)31-21-11-7-4-8-12-21/h3-12,22H,13-18H2,1-2H3,(H,25,26). The van der Waals surface area contributed by atoms with E-state index in [-0.39, 0.29) is 6.10 Å². The fourth-order valence-electron chi connectivity index (χ4n) is 3.66. The molecule has 31 heavy (non-hydrogen) atoms. The molecule has 7 heteroatoms. The first-order valence-corrected chi connectivity index (χ1v) is 10.8. The number of ether oxygens (including phenoxy) is 1. The van der Waals surface area contributed by atoms with E-state index in [1.165, 1.54) is 5.56 Å². The monoisotopic (exact) mass is 418 g/mol. The summed E-state index contributed by atoms with van der Waals surface area (Å²) in [6, 6.07) is 20.4. The number of nitrogens with zero attached hydrogens (tertiary/aromatic N) is 5. The first kappa shape index (κ1) is 20.9. The second-order valence-corrected chi connectivity index (χ2v) is 7.82. The van der Waals surface area contributed by atoms with Crippen LogP contribution in [0, 0.1) is 6.92 Å². The van der Waals surface area contributed by atoms with E-state index in [1.54, 1.807) is 0 Å². The number of piperidine rings is 1. The Labute approximate surface area is 183 Å². The molecule has 3 aromatic rings. The highest BCUT2D eigenvalue weighted by Crippen LogP contribution is 2.19. The van der Waals surface area contributed by atoms with Gasteiger partial charge in [-0.2, -0.15) is 0 Å². The minimum absolute atomic E-state index is 0.232. The van der Waals surface area contributed by atoms with Crippen molar-refractivity contribution in [3.05, 3.63) is 77.9 Å². The molecule has 1 aliphatic heterocycles. The zero-order chi connectivity index (χ0) is 21.5. The lowest BCUT2D eigenvalue weighted by atomic mass is 10.1. The highest BCUT2D eigenvalue weighted by molar-refractivity contribution is 5.80. The fraction of sp³-hybridized carbons (Fsp3) is 0.375. The predicted molar refractivity (Wildman–Crippen MR) is 122 cm³/mol. The number of hydrogen-bond donors (Lipinski definition) is 1. The lowest BCUT2D eigenvalue weighted by Crippen LogP contribution is -2.47. The minimum atomic E-state index is 0.232. The fourth-order valence-corrected chi connectivity index (χ4v) is 3.66. The summed E-state index contributed by atoms with van der Waals surface area (Å²) >= 11 is 0. The van der Waals surface area contributed by atoms with Gasteiger partial charge in [-0.05, 0) is 24.6 Å². The molecule has 162 valence electrons. The number of benzene rings is 2. The van der Waals surface area contributed by atoms with E-state index in [0.29, 0.717) is 13.1 Å². The molecule has 0 radical (unpaired) electrons. The van der Waals surface area contributed by atoms with Gasteiger partial charge in [0, 0.05) is 33.0 Å². The Morgan fingerprint density at radius 2 is 1.71 bits per heavy atom. The molecule has 0 amide bonds. The molecule has 4 rings (SSSR count). The van der Waals surface area contributed by atoms with Crippen molar-refractivity contribution in [3.8, 4) is 5.75 Å². The zero-order valence-electron chi connectivity index (χ0n) is 18.2. The van der Waals surface area contributed by atoms with Gasteiger partial charge in [-0.1, -0.05) is 48.5 Å². The molecule has 0 spiro atoms. The highest BCUT2D eigenvalue weighted by Gasteiger charge is 2.23. The molecular weight excluding hydrogens is 388 g/mol. The van der Waals surface area contributed by atoms with Gasteiger partial charge < -0.3 is 19.5 Å². The van der Waals surface area contributed by atoms with E-state index in [9.17, 15) is 0 Å². The number of aromatic nitrogens is 3. The van der Waals surface area contributed by atoms with Gasteiger partial charge in [0.1, 0.15) is 17.7 Å². The van der Waals surface area contributed by atoms with Crippen molar-refractivity contribution in [2.45, 2.75) is 39.0 Å². The number of para-hydroxylation sites is 1. The molecule has 2 heterocycles. The highest BCUT2D eigenvalue weighted by atomic mass is 16.5. The zero-order valence-corrected chi connectivity index (χ0v) is 18.2. The van der Waals surface area contributed by atoms with Gasteiger partial charge in [-0.3, -0.25) is 0 Å². The molecule has 0 atom stereocenters. The summed E-state index contributed by atoms with van der Waals surface area (Å²) in [5, 5.41) is 11.9. The SMILES string of the molecule is Cc1nnc(CNC(=NCc2ccccc2)N2CCC(Oc3ccccc3)CC2)n1C. The van der Waals surface area contributed by atoms with Crippen molar-refractivity contribution >= 4 is 5.96 Å². The van der Waals surface area contributed by atoms with Crippen molar-refractivity contribution in [3.63, 3.8) is 0 Å². The second-order valence-electron chi connectivity index (χ2n) is 7.82. The van der Waals surface area contributed by atoms with E-state index in [1.807, 2.05) is 67.1 Å². The molecule has 1 fully saturated rings. The van der Waals surface area contributed by atoms with Crippen molar-refractivity contribution in [1.29, 1.82) is 0 Å². The summed E-state index contributed by atoms with van der Waals surface area (Å²) < 4.78 is 8.15. The number of aryl methyl sites for hydroxylation is 1. The molecule has 0 unspecified atom stereocenters. The second kappa shape index (κ2) is 10.1. The van der Waals surface area contributed by atoms with Crippen molar-refractivity contribution in [1.82, 2.24) is 25.0 Å². The largest absolute Gasteiger partial charge is 0.490 e. The Hall–Kier alpha value is -3.35. The van der Waals surface area contributed by atoms with Crippen LogP contribution in [0.3, 0.4) is 0 Å². The number of aliphatic imine (C=N–C) groups is 1. The summed E-state index contributed by atoms with van der Waals surface area (Å²) in [5.74, 6) is 3.64. The van der Waals surface area contributed by atoms with Gasteiger partial charge in [0.25, 0.3) is 0 Å². The van der Waals surface area contributed by atoms with Crippen LogP contribution in [0.5, 0.6) is 5.75 Å². The maximum Gasteiger partial charge on any atom is 0.194 e. The van der Waals surface area contributed by atoms with Gasteiger partial charge in [0.2, 0.25) is 0 Å². The molecular formula is C24H30N6O. The molecule has 7 nitrogen and oxygen atoms in total. The Morgan fingerprint density at radius 3 is 2.35 bits per heavy atom. The van der Waals surface area contributed by atoms with Gasteiger partial charge in [-0.15, -0.1) is 10.2 Å². The summed E-state index contributed by atoms with van der Waals surface area (Å²) in [6.07, 6.45) is 2.16. The van der Waals surface area contributed by atoms with Crippen LogP contribution in [-0.4, -0.2) is 44.8 Å². The third kappa shape index (κ3) is 5.63. The number of rotatable bonds is 6. The van der Waals surface area contributed by atoms with E-state index < -0.39 is 0 Å². The Balaban J connectivity index is 1.40. The first-order chi connectivity index (χ1) is 15.2. The van der Waals surface area contributed by atoms with Crippen LogP contribution in [-0.2, 0) is 20.1 Å². The molecule has 0 saturated carbocycles. The van der Waals surface area contributed by atoms with E-state index >= 15 is 0 Å². The van der Waals surface area contributed by atoms with Gasteiger partial charge >= 0.3 is 0 Å². The lowest BCUT2D eigenvalue weighted by Gasteiger charge is -2.34. The quantitative estimate of drug-likeness (QED) is 0.491. The summed E-state index contributed by atoms with van der Waals surface area (Å²) in [5.41, 5.74) is 1.19. The number of hydrogen-bond acceptors (Lipinski definition) is 4. The molecule has 1 N–H and O–H groups in total. The number of likely N-dealkylation sites (tertiary alicyclic amines) is 1. The van der Waals surface area contributed by atoms with Crippen LogP contribution < -0.4 is 10.1 Å². The van der Waals surface area contributed by atoms with Crippen molar-refractivity contribution in [2.75, 3.05) is 13.1 Å². The summed E-state index contributed by atoms with van der Waals surface area (Å²) in [6.45, 7) is 4.98. The normalized spacial score (nSPS) is 15.2. The van der Waals surface area contributed by atoms with E-state index in [4.69, 9.17) is 9.73 Å². The molecule has 1 aromatic heterocycles. The number of guanidine groups is 1. The predicted octanol–water partition coefficient (Wildman–Crippen LogP) is 3.31. The van der Waals surface area contributed by atoms with Gasteiger partial charge in [0.15, 0.2) is 11.8 Å². The summed E-state index contributed by atoms with van der Waals surface area (Å²) in [4.78, 5) is 7.23. The van der Waals surface area contributed by atoms with E-state index in [2.05, 4.69) is 32.5 Å². The van der Waals surface area contributed by atoms with Crippen LogP contribution in [0.4, 0.5) is 0 Å². The van der Waals surface area contributed by atoms with Crippen LogP contribution in [0.25, 0.3) is 0 Å². The molecule has 2 aromatic carbocycles. The number of nitrogens with one attached hydrogen (secondary N) is 1. The topological polar surface area (TPSA) is 67.6 Å². The molecule has 0 aliphatic carbocycles. The Morgan fingerprint density at radius 1 is 1.03 bits per heavy atom. The average molecular weight is 419 g/mol. The minimum Gasteiger partial charge on any atom is -0.490 e. The molecule has 1 saturated heterocycles. The van der Waals surface area contributed by atoms with Crippen molar-refractivity contribution < 1.29 is 4.74 Å². The Kier molecular flexibility index (Phi) is 6.82. The third-order valence-corrected chi connectivity index (χ3v) is 5.63. The van der Waals surface area contributed by atoms with Gasteiger partial charge in [-0.25, -0.2) is 4.99 Å². The van der Waals surface area contributed by atoms with Crippen LogP contribution in [0.1, 0.15) is 30.1 Å². The summed E-state index contributed by atoms with van der Waals surface area (Å²) in [7, 11) is 1.99. The van der Waals surface area contributed by atoms with Gasteiger partial charge in [0.05, 0.1) is 13.1 Å². The lowest BCUT2D eigenvalue weighted by molar-refractivity contribution is 0.129. The maximum absolute atomic E-state index is 6.15. The van der Waals surface area contributed by atoms with Crippen LogP contribution >= 0.6 is 0 Å². The van der Waals surface area contributed by atoms with E-state index in [0.717, 1.165) is 49.3 Å². The van der Waals surface area contributed by atoms with Crippen LogP contribution in [0.2, 0.25) is 0 Å². The first-order valence-electron chi connectivity index (χ1n) is 10.8. The smallest absolute Gasteiger partial charge is 0.194 e. The van der Waals surface area contributed by atoms with Crippen LogP contribution in [0.15, 0.2) is 65.7 Å². The van der Waals surface area contributed by atoms with Crippen molar-refractivity contribution in [2.24, 2.45) is 12.0 Å². The maximum atomic E-state index is 6.15. The molecule has 0 bridgehead atoms. The Bertz CT molecular complexity index is 978.